The van der Waals surface area contributed by atoms with Crippen molar-refractivity contribution in [1.82, 2.24) is 20.6 Å². The van der Waals surface area contributed by atoms with E-state index in [0.717, 1.165) is 6.07 Å². The standard InChI is InChI=1S/C16H13FN6O3/c1-9-2-3-11(17)8-12(9)19-14(24)15(25)21-22-16-20-13(23-26-16)10-4-6-18-7-5-10/h2-8H,1H3,(H,19,24)(H,21,25)(H,20,22,23). The fourth-order valence-electron chi connectivity index (χ4n) is 1.97. The average Bonchev–Trinajstić information content (AvgIpc) is 3.12. The minimum Gasteiger partial charge on any atom is -0.317 e. The first-order chi connectivity index (χ1) is 12.5. The van der Waals surface area contributed by atoms with E-state index in [4.69, 9.17) is 4.52 Å². The van der Waals surface area contributed by atoms with Crippen molar-refractivity contribution in [2.45, 2.75) is 6.92 Å². The van der Waals surface area contributed by atoms with Gasteiger partial charge in [0.05, 0.1) is 0 Å². The van der Waals surface area contributed by atoms with E-state index >= 15 is 0 Å². The van der Waals surface area contributed by atoms with Crippen LogP contribution in [-0.2, 0) is 9.59 Å². The number of halogens is 1. The Morgan fingerprint density at radius 3 is 2.65 bits per heavy atom. The number of rotatable bonds is 4. The van der Waals surface area contributed by atoms with E-state index in [-0.39, 0.29) is 17.5 Å². The molecule has 2 aromatic heterocycles. The van der Waals surface area contributed by atoms with Crippen molar-refractivity contribution in [1.29, 1.82) is 0 Å². The van der Waals surface area contributed by atoms with Gasteiger partial charge in [0.15, 0.2) is 0 Å². The number of hydrazine groups is 1. The third-order valence-electron chi connectivity index (χ3n) is 3.30. The van der Waals surface area contributed by atoms with Gasteiger partial charge in [-0.2, -0.15) is 4.98 Å². The third kappa shape index (κ3) is 3.98. The molecular formula is C16H13FN6O3. The van der Waals surface area contributed by atoms with Gasteiger partial charge in [0.2, 0.25) is 5.82 Å². The molecule has 3 aromatic rings. The lowest BCUT2D eigenvalue weighted by molar-refractivity contribution is -0.135. The van der Waals surface area contributed by atoms with E-state index in [9.17, 15) is 14.0 Å². The van der Waals surface area contributed by atoms with Gasteiger partial charge in [0, 0.05) is 23.6 Å². The summed E-state index contributed by atoms with van der Waals surface area (Å²) in [6, 6.07) is 7.11. The maximum absolute atomic E-state index is 13.2. The highest BCUT2D eigenvalue weighted by molar-refractivity contribution is 6.39. The molecule has 0 bridgehead atoms. The van der Waals surface area contributed by atoms with Crippen LogP contribution in [0.3, 0.4) is 0 Å². The quantitative estimate of drug-likeness (QED) is 0.480. The molecule has 26 heavy (non-hydrogen) atoms. The number of hydrogen-bond donors (Lipinski definition) is 3. The Labute approximate surface area is 146 Å². The predicted octanol–water partition coefficient (Wildman–Crippen LogP) is 1.66. The van der Waals surface area contributed by atoms with Gasteiger partial charge >= 0.3 is 17.8 Å². The molecule has 0 aliphatic rings. The zero-order valence-corrected chi connectivity index (χ0v) is 13.5. The molecule has 2 heterocycles. The average molecular weight is 356 g/mol. The first-order valence-corrected chi connectivity index (χ1v) is 7.40. The number of pyridine rings is 1. The molecule has 0 atom stereocenters. The Morgan fingerprint density at radius 2 is 1.88 bits per heavy atom. The lowest BCUT2D eigenvalue weighted by Crippen LogP contribution is -2.39. The number of carbonyl (C=O) groups is 2. The summed E-state index contributed by atoms with van der Waals surface area (Å²) in [5, 5.41) is 6.04. The normalized spacial score (nSPS) is 10.2. The molecule has 3 N–H and O–H groups in total. The van der Waals surface area contributed by atoms with Crippen molar-refractivity contribution in [3.8, 4) is 11.4 Å². The summed E-state index contributed by atoms with van der Waals surface area (Å²) in [7, 11) is 0. The lowest BCUT2D eigenvalue weighted by atomic mass is 10.2. The van der Waals surface area contributed by atoms with Crippen LogP contribution in [0.15, 0.2) is 47.2 Å². The third-order valence-corrected chi connectivity index (χ3v) is 3.30. The van der Waals surface area contributed by atoms with Crippen LogP contribution < -0.4 is 16.2 Å². The summed E-state index contributed by atoms with van der Waals surface area (Å²) in [6.45, 7) is 1.67. The van der Waals surface area contributed by atoms with Crippen LogP contribution in [0.1, 0.15) is 5.56 Å². The summed E-state index contributed by atoms with van der Waals surface area (Å²) < 4.78 is 18.1. The number of anilines is 2. The van der Waals surface area contributed by atoms with Gasteiger partial charge in [-0.1, -0.05) is 11.2 Å². The topological polar surface area (TPSA) is 122 Å². The van der Waals surface area contributed by atoms with Crippen molar-refractivity contribution in [3.05, 3.63) is 54.1 Å². The van der Waals surface area contributed by atoms with E-state index in [1.54, 1.807) is 31.5 Å². The highest BCUT2D eigenvalue weighted by atomic mass is 19.1. The summed E-state index contributed by atoms with van der Waals surface area (Å²) in [5.41, 5.74) is 5.93. The van der Waals surface area contributed by atoms with Crippen molar-refractivity contribution < 1.29 is 18.5 Å². The second-order valence-corrected chi connectivity index (χ2v) is 5.15. The molecule has 0 aliphatic heterocycles. The Balaban J connectivity index is 1.58. The molecule has 9 nitrogen and oxygen atoms in total. The predicted molar refractivity (Wildman–Crippen MR) is 89.1 cm³/mol. The zero-order chi connectivity index (χ0) is 18.5. The molecule has 0 spiro atoms. The van der Waals surface area contributed by atoms with Gasteiger partial charge in [0.25, 0.3) is 0 Å². The number of amides is 2. The fourth-order valence-corrected chi connectivity index (χ4v) is 1.97. The summed E-state index contributed by atoms with van der Waals surface area (Å²) in [4.78, 5) is 31.6. The fraction of sp³-hybridized carbons (Fsp3) is 0.0625. The van der Waals surface area contributed by atoms with Crippen LogP contribution in [0.2, 0.25) is 0 Å². The zero-order valence-electron chi connectivity index (χ0n) is 13.5. The maximum atomic E-state index is 13.2. The van der Waals surface area contributed by atoms with Crippen LogP contribution in [0.25, 0.3) is 11.4 Å². The van der Waals surface area contributed by atoms with Crippen LogP contribution in [0.5, 0.6) is 0 Å². The number of aryl methyl sites for hydroxylation is 1. The van der Waals surface area contributed by atoms with Gasteiger partial charge in [-0.15, -0.1) is 0 Å². The number of nitrogens with zero attached hydrogens (tertiary/aromatic N) is 3. The molecule has 0 radical (unpaired) electrons. The lowest BCUT2D eigenvalue weighted by Gasteiger charge is -2.08. The minimum absolute atomic E-state index is 0.111. The largest absolute Gasteiger partial charge is 0.340 e. The number of aromatic nitrogens is 3. The first-order valence-electron chi connectivity index (χ1n) is 7.40. The number of nitrogens with one attached hydrogen (secondary N) is 3. The number of benzene rings is 1. The molecule has 0 unspecified atom stereocenters. The highest BCUT2D eigenvalue weighted by Crippen LogP contribution is 2.16. The number of hydrogen-bond acceptors (Lipinski definition) is 7. The molecular weight excluding hydrogens is 343 g/mol. The van der Waals surface area contributed by atoms with Gasteiger partial charge in [-0.05, 0) is 36.8 Å². The molecule has 3 rings (SSSR count). The molecule has 0 aliphatic carbocycles. The van der Waals surface area contributed by atoms with Crippen molar-refractivity contribution >= 4 is 23.5 Å². The Kier molecular flexibility index (Phi) is 4.83. The van der Waals surface area contributed by atoms with Crippen molar-refractivity contribution in [2.75, 3.05) is 10.7 Å². The maximum Gasteiger partial charge on any atom is 0.340 e. The monoisotopic (exact) mass is 356 g/mol. The molecule has 2 amide bonds. The summed E-state index contributed by atoms with van der Waals surface area (Å²) in [5.74, 6) is -2.25. The number of carbonyl (C=O) groups excluding carboxylic acids is 2. The second-order valence-electron chi connectivity index (χ2n) is 5.15. The van der Waals surface area contributed by atoms with Crippen LogP contribution in [0, 0.1) is 12.7 Å². The summed E-state index contributed by atoms with van der Waals surface area (Å²) >= 11 is 0. The van der Waals surface area contributed by atoms with Crippen molar-refractivity contribution in [3.63, 3.8) is 0 Å². The molecule has 132 valence electrons. The van der Waals surface area contributed by atoms with Gasteiger partial charge in [-0.25, -0.2) is 9.82 Å². The van der Waals surface area contributed by atoms with E-state index in [1.165, 1.54) is 12.1 Å². The smallest absolute Gasteiger partial charge is 0.317 e. The highest BCUT2D eigenvalue weighted by Gasteiger charge is 2.16. The van der Waals surface area contributed by atoms with E-state index in [1.807, 2.05) is 0 Å². The Bertz CT molecular complexity index is 944. The summed E-state index contributed by atoms with van der Waals surface area (Å²) in [6.07, 6.45) is 3.14. The van der Waals surface area contributed by atoms with E-state index in [0.29, 0.717) is 11.1 Å². The molecule has 10 heteroatoms. The second kappa shape index (κ2) is 7.38. The molecule has 0 saturated heterocycles. The van der Waals surface area contributed by atoms with Gasteiger partial charge in [0.1, 0.15) is 5.82 Å². The minimum atomic E-state index is -1.02. The van der Waals surface area contributed by atoms with Crippen LogP contribution in [0.4, 0.5) is 16.1 Å². The van der Waals surface area contributed by atoms with Crippen LogP contribution >= 0.6 is 0 Å². The SMILES string of the molecule is Cc1ccc(F)cc1NC(=O)C(=O)NNc1nc(-c2ccncc2)no1. The van der Waals surface area contributed by atoms with E-state index < -0.39 is 17.6 Å². The first kappa shape index (κ1) is 17.0. The van der Waals surface area contributed by atoms with Crippen LogP contribution in [-0.4, -0.2) is 26.9 Å². The molecule has 0 saturated carbocycles. The Hall–Kier alpha value is -3.82. The van der Waals surface area contributed by atoms with Crippen molar-refractivity contribution in [2.24, 2.45) is 0 Å². The molecule has 1 aromatic carbocycles. The van der Waals surface area contributed by atoms with Gasteiger partial charge in [-0.3, -0.25) is 20.0 Å². The van der Waals surface area contributed by atoms with E-state index in [2.05, 4.69) is 31.3 Å². The Morgan fingerprint density at radius 1 is 1.12 bits per heavy atom. The van der Waals surface area contributed by atoms with Gasteiger partial charge < -0.3 is 9.84 Å². The molecule has 0 fully saturated rings.